The maximum atomic E-state index is 13.8. The van der Waals surface area contributed by atoms with Gasteiger partial charge in [-0.3, -0.25) is 4.99 Å². The molecule has 40 heavy (non-hydrogen) atoms. The molecule has 0 amide bonds. The third-order valence-electron chi connectivity index (χ3n) is 4.31. The number of nitrogens with zero attached hydrogens (tertiary/aromatic N) is 4. The summed E-state index contributed by atoms with van der Waals surface area (Å²) in [7, 11) is 2.96. The monoisotopic (exact) mass is 581 g/mol. The van der Waals surface area contributed by atoms with Crippen LogP contribution in [0.2, 0.25) is 0 Å². The largest absolute Gasteiger partial charge is 0.339 e. The number of anilines is 1. The average Bonchev–Trinajstić information content (AvgIpc) is 3.31. The summed E-state index contributed by atoms with van der Waals surface area (Å²) in [6.45, 7) is 19.5. The summed E-state index contributed by atoms with van der Waals surface area (Å²) in [5, 5.41) is 6.57. The van der Waals surface area contributed by atoms with Gasteiger partial charge in [0, 0.05) is 31.3 Å². The van der Waals surface area contributed by atoms with E-state index < -0.39 is 17.9 Å². The standard InChI is InChI=1S/C19H23F3N3P.C6H10N2O.C3H8.C2H6/c1-5-7-14(8-6-2)13(3)24-18(23-4)25-16-9-10-17(20)15(11-16)12-19(21,22)26;1-3-4-6-7-5(2)8-9-6;1-3-2;1-2/h5-11H,1,12,26H2,2-4H3,(H,23,25);3-4H2,1-2H3;3H2,1-2H3;1-2H3/b8-6-,14-7+,24-13+;;;. The summed E-state index contributed by atoms with van der Waals surface area (Å²) < 4.78 is 44.9. The average molecular weight is 582 g/mol. The Bertz CT molecular complexity index is 1100. The second kappa shape index (κ2) is 22.7. The predicted molar refractivity (Wildman–Crippen MR) is 168 cm³/mol. The Morgan fingerprint density at radius 2 is 1.85 bits per heavy atom. The van der Waals surface area contributed by atoms with Gasteiger partial charge in [-0.15, -0.1) is 0 Å². The van der Waals surface area contributed by atoms with Crippen LogP contribution < -0.4 is 5.32 Å². The Labute approximate surface area is 241 Å². The predicted octanol–water partition coefficient (Wildman–Crippen LogP) is 9.16. The molecule has 0 saturated heterocycles. The first-order valence-corrected chi connectivity index (χ1v) is 14.0. The molecule has 0 aliphatic rings. The number of aliphatic imine (C=N–C) groups is 2. The SMILES string of the molecule is C=C/C=C(\C=C/C)C(/C)=N/C(=NC)Nc1ccc(F)c(CC(F)(F)P)c1.CC.CCC.CCCc1nc(C)no1. The van der Waals surface area contributed by atoms with E-state index >= 15 is 0 Å². The molecule has 224 valence electrons. The number of hydrogen-bond acceptors (Lipinski definition) is 4. The molecule has 1 N–H and O–H groups in total. The number of aromatic nitrogens is 2. The summed E-state index contributed by atoms with van der Waals surface area (Å²) in [6, 6.07) is 3.92. The van der Waals surface area contributed by atoms with Crippen LogP contribution in [-0.2, 0) is 12.8 Å². The molecule has 10 heteroatoms. The van der Waals surface area contributed by atoms with Crippen LogP contribution in [0, 0.1) is 12.7 Å². The molecule has 6 nitrogen and oxygen atoms in total. The van der Waals surface area contributed by atoms with Crippen molar-refractivity contribution in [2.75, 3.05) is 12.4 Å². The van der Waals surface area contributed by atoms with Crippen molar-refractivity contribution in [3.63, 3.8) is 0 Å². The van der Waals surface area contributed by atoms with Gasteiger partial charge >= 0.3 is 0 Å². The summed E-state index contributed by atoms with van der Waals surface area (Å²) >= 11 is 0. The van der Waals surface area contributed by atoms with Gasteiger partial charge in [-0.05, 0) is 56.5 Å². The van der Waals surface area contributed by atoms with Crippen LogP contribution in [0.25, 0.3) is 0 Å². The summed E-state index contributed by atoms with van der Waals surface area (Å²) in [6.07, 6.45) is 9.70. The number of alkyl halides is 2. The Morgan fingerprint density at radius 3 is 2.30 bits per heavy atom. The highest BCUT2D eigenvalue weighted by Crippen LogP contribution is 2.29. The van der Waals surface area contributed by atoms with Gasteiger partial charge in [-0.2, -0.15) is 4.98 Å². The lowest BCUT2D eigenvalue weighted by atomic mass is 10.1. The van der Waals surface area contributed by atoms with Gasteiger partial charge in [0.25, 0.3) is 5.66 Å². The Kier molecular flexibility index (Phi) is 22.2. The van der Waals surface area contributed by atoms with E-state index in [2.05, 4.69) is 52.8 Å². The first-order valence-electron chi connectivity index (χ1n) is 13.4. The molecule has 1 heterocycles. The topological polar surface area (TPSA) is 75.7 Å². The van der Waals surface area contributed by atoms with E-state index in [1.54, 1.807) is 13.1 Å². The van der Waals surface area contributed by atoms with Crippen LogP contribution in [0.3, 0.4) is 0 Å². The molecule has 0 radical (unpaired) electrons. The Morgan fingerprint density at radius 1 is 1.23 bits per heavy atom. The number of rotatable bonds is 8. The van der Waals surface area contributed by atoms with Crippen molar-refractivity contribution >= 4 is 26.6 Å². The fourth-order valence-electron chi connectivity index (χ4n) is 2.79. The number of benzene rings is 1. The minimum atomic E-state index is -3.08. The third kappa shape index (κ3) is 18.3. The van der Waals surface area contributed by atoms with E-state index in [0.29, 0.717) is 11.4 Å². The zero-order valence-corrected chi connectivity index (χ0v) is 26.6. The molecule has 2 rings (SSSR count). The highest BCUT2D eigenvalue weighted by Gasteiger charge is 2.24. The highest BCUT2D eigenvalue weighted by molar-refractivity contribution is 7.18. The first kappa shape index (κ1) is 39.1. The van der Waals surface area contributed by atoms with Gasteiger partial charge in [-0.25, -0.2) is 18.2 Å². The number of hydrogen-bond donors (Lipinski definition) is 1. The van der Waals surface area contributed by atoms with Crippen LogP contribution in [0.15, 0.2) is 69.2 Å². The van der Waals surface area contributed by atoms with E-state index in [0.717, 1.165) is 36.2 Å². The van der Waals surface area contributed by atoms with E-state index in [1.807, 2.05) is 52.8 Å². The molecule has 0 fully saturated rings. The van der Waals surface area contributed by atoms with Crippen LogP contribution >= 0.6 is 9.24 Å². The van der Waals surface area contributed by atoms with Crippen LogP contribution in [0.5, 0.6) is 0 Å². The lowest BCUT2D eigenvalue weighted by Crippen LogP contribution is -2.14. The molecular formula is C30H47F3N5OP. The Balaban J connectivity index is 0. The van der Waals surface area contributed by atoms with Crippen molar-refractivity contribution in [2.45, 2.75) is 86.7 Å². The molecule has 1 unspecified atom stereocenters. The van der Waals surface area contributed by atoms with Crippen molar-refractivity contribution in [2.24, 2.45) is 9.98 Å². The lowest BCUT2D eigenvalue weighted by molar-refractivity contribution is 0.104. The van der Waals surface area contributed by atoms with Gasteiger partial charge in [0.2, 0.25) is 11.9 Å². The van der Waals surface area contributed by atoms with E-state index in [1.165, 1.54) is 27.8 Å². The lowest BCUT2D eigenvalue weighted by Gasteiger charge is -2.13. The smallest absolute Gasteiger partial charge is 0.263 e. The van der Waals surface area contributed by atoms with Crippen molar-refractivity contribution in [3.8, 4) is 0 Å². The molecule has 1 aromatic carbocycles. The van der Waals surface area contributed by atoms with Gasteiger partial charge < -0.3 is 9.84 Å². The number of guanidine groups is 1. The molecule has 0 aliphatic heterocycles. The van der Waals surface area contributed by atoms with Gasteiger partial charge in [0.1, 0.15) is 5.82 Å². The van der Waals surface area contributed by atoms with Crippen LogP contribution in [0.4, 0.5) is 18.9 Å². The molecule has 0 aliphatic carbocycles. The van der Waals surface area contributed by atoms with Gasteiger partial charge in [0.15, 0.2) is 5.82 Å². The third-order valence-corrected chi connectivity index (χ3v) is 4.51. The fourth-order valence-corrected chi connectivity index (χ4v) is 3.01. The van der Waals surface area contributed by atoms with Crippen LogP contribution in [-0.4, -0.2) is 34.5 Å². The zero-order valence-electron chi connectivity index (χ0n) is 25.5. The van der Waals surface area contributed by atoms with Crippen LogP contribution in [0.1, 0.15) is 78.6 Å². The van der Waals surface area contributed by atoms with Gasteiger partial charge in [-0.1, -0.05) is 86.3 Å². The number of allylic oxidation sites excluding steroid dienone is 5. The minimum Gasteiger partial charge on any atom is -0.339 e. The molecule has 0 bridgehead atoms. The van der Waals surface area contributed by atoms with Gasteiger partial charge in [0.05, 0.1) is 0 Å². The minimum absolute atomic E-state index is 0.0905. The molecule has 0 saturated carbocycles. The second-order valence-electron chi connectivity index (χ2n) is 8.16. The van der Waals surface area contributed by atoms with Crippen molar-refractivity contribution < 1.29 is 17.7 Å². The summed E-state index contributed by atoms with van der Waals surface area (Å²) in [5.41, 5.74) is -1.20. The summed E-state index contributed by atoms with van der Waals surface area (Å²) in [5.74, 6) is 1.06. The number of aryl methyl sites for hydroxylation is 2. The molecule has 0 spiro atoms. The van der Waals surface area contributed by atoms with Crippen molar-refractivity contribution in [3.05, 3.63) is 77.8 Å². The molecule has 2 aromatic rings. The number of nitrogens with one attached hydrogen (secondary N) is 1. The quantitative estimate of drug-likeness (QED) is 0.146. The maximum absolute atomic E-state index is 13.8. The fraction of sp³-hybridized carbons (Fsp3) is 0.467. The Hall–Kier alpha value is -3.06. The van der Waals surface area contributed by atoms with E-state index in [9.17, 15) is 13.2 Å². The van der Waals surface area contributed by atoms with E-state index in [4.69, 9.17) is 4.52 Å². The molecular weight excluding hydrogens is 534 g/mol. The zero-order chi connectivity index (χ0) is 31.1. The maximum Gasteiger partial charge on any atom is 0.263 e. The van der Waals surface area contributed by atoms with Crippen molar-refractivity contribution in [1.82, 2.24) is 10.1 Å². The molecule has 1 aromatic heterocycles. The normalized spacial score (nSPS) is 12.0. The molecule has 1 atom stereocenters. The summed E-state index contributed by atoms with van der Waals surface area (Å²) in [4.78, 5) is 12.5. The first-order chi connectivity index (χ1) is 18.9. The second-order valence-corrected chi connectivity index (χ2v) is 9.01. The number of halogens is 3. The highest BCUT2D eigenvalue weighted by atomic mass is 31.0. The van der Waals surface area contributed by atoms with E-state index in [-0.39, 0.29) is 11.5 Å². The van der Waals surface area contributed by atoms with Crippen molar-refractivity contribution in [1.29, 1.82) is 0 Å².